The quantitative estimate of drug-likeness (QED) is 0.399. The summed E-state index contributed by atoms with van der Waals surface area (Å²) in [6.45, 7) is 0.795. The molecule has 2 unspecified atom stereocenters. The van der Waals surface area contributed by atoms with Crippen LogP contribution < -0.4 is 4.74 Å². The van der Waals surface area contributed by atoms with Crippen molar-refractivity contribution < 1.29 is 40.6 Å². The summed E-state index contributed by atoms with van der Waals surface area (Å²) in [5, 5.41) is 0. The molecule has 2 aliphatic carbocycles. The first kappa shape index (κ1) is 24.6. The molecule has 1 heterocycles. The highest BCUT2D eigenvalue weighted by Crippen LogP contribution is 2.42. The lowest BCUT2D eigenvalue weighted by Gasteiger charge is -2.39. The van der Waals surface area contributed by atoms with Crippen molar-refractivity contribution in [3.05, 3.63) is 29.6 Å². The Balaban J connectivity index is 1.25. The van der Waals surface area contributed by atoms with E-state index in [2.05, 4.69) is 4.74 Å². The van der Waals surface area contributed by atoms with Gasteiger partial charge >= 0.3 is 12.5 Å². The van der Waals surface area contributed by atoms with Gasteiger partial charge in [0.15, 0.2) is 11.6 Å². The fourth-order valence-corrected chi connectivity index (χ4v) is 5.71. The van der Waals surface area contributed by atoms with Crippen molar-refractivity contribution in [2.45, 2.75) is 88.9 Å². The van der Waals surface area contributed by atoms with Crippen molar-refractivity contribution in [3.63, 3.8) is 0 Å². The predicted octanol–water partition coefficient (Wildman–Crippen LogP) is 7.33. The maximum absolute atomic E-state index is 14.6. The van der Waals surface area contributed by atoms with Gasteiger partial charge in [0, 0.05) is 0 Å². The van der Waals surface area contributed by atoms with Gasteiger partial charge in [-0.25, -0.2) is 4.39 Å². The zero-order valence-corrected chi connectivity index (χ0v) is 18.4. The highest BCUT2D eigenvalue weighted by molar-refractivity contribution is 5.31. The summed E-state index contributed by atoms with van der Waals surface area (Å²) in [7, 11) is 0. The standard InChI is InChI=1S/C24H30F6O3/c25-20-13-18(8-12-22(20)33-24(28,29)30)23(26,27)32-19-9-5-16(6-10-19)21-11-7-17(14-31-21)15-3-1-2-4-15/h8,12-13,15-17,19,21H,1-7,9-11,14H2. The molecule has 1 saturated heterocycles. The summed E-state index contributed by atoms with van der Waals surface area (Å²) in [5.41, 5.74) is -0.842. The Morgan fingerprint density at radius 3 is 2.03 bits per heavy atom. The van der Waals surface area contributed by atoms with Crippen LogP contribution in [0, 0.1) is 23.6 Å². The molecule has 3 aliphatic rings. The maximum Gasteiger partial charge on any atom is 0.573 e. The van der Waals surface area contributed by atoms with Crippen LogP contribution in [0.15, 0.2) is 18.2 Å². The van der Waals surface area contributed by atoms with E-state index < -0.39 is 35.7 Å². The minimum Gasteiger partial charge on any atom is -0.403 e. The van der Waals surface area contributed by atoms with Crippen molar-refractivity contribution in [2.75, 3.05) is 6.61 Å². The van der Waals surface area contributed by atoms with Crippen LogP contribution in [0.3, 0.4) is 0 Å². The normalized spacial score (nSPS) is 29.9. The van der Waals surface area contributed by atoms with E-state index in [1.165, 1.54) is 32.1 Å². The molecule has 0 spiro atoms. The van der Waals surface area contributed by atoms with Crippen molar-refractivity contribution in [1.29, 1.82) is 0 Å². The molecular weight excluding hydrogens is 450 g/mol. The Hall–Kier alpha value is -1.48. The van der Waals surface area contributed by atoms with Crippen LogP contribution in [0.4, 0.5) is 26.3 Å². The van der Waals surface area contributed by atoms with E-state index >= 15 is 0 Å². The largest absolute Gasteiger partial charge is 0.573 e. The summed E-state index contributed by atoms with van der Waals surface area (Å²) >= 11 is 0. The topological polar surface area (TPSA) is 27.7 Å². The van der Waals surface area contributed by atoms with Crippen molar-refractivity contribution in [3.8, 4) is 5.75 Å². The molecule has 1 aromatic rings. The van der Waals surface area contributed by atoms with Crippen LogP contribution in [0.5, 0.6) is 5.75 Å². The van der Waals surface area contributed by atoms with Gasteiger partial charge in [0.05, 0.1) is 24.4 Å². The van der Waals surface area contributed by atoms with Gasteiger partial charge in [0.25, 0.3) is 0 Å². The van der Waals surface area contributed by atoms with E-state index in [0.29, 0.717) is 55.7 Å². The molecular formula is C24H30F6O3. The molecule has 0 N–H and O–H groups in total. The second-order valence-corrected chi connectivity index (χ2v) is 9.62. The molecule has 2 atom stereocenters. The number of ether oxygens (including phenoxy) is 3. The molecule has 4 rings (SSSR count). The summed E-state index contributed by atoms with van der Waals surface area (Å²) in [4.78, 5) is 0. The molecule has 0 aromatic heterocycles. The third kappa shape index (κ3) is 6.35. The minimum absolute atomic E-state index is 0.166. The SMILES string of the molecule is Fc1cc(C(F)(F)OC2CCC(C3CCC(C4CCCC4)CO3)CC2)ccc1OC(F)(F)F. The third-order valence-corrected chi connectivity index (χ3v) is 7.47. The van der Waals surface area contributed by atoms with Gasteiger partial charge in [-0.1, -0.05) is 25.7 Å². The second kappa shape index (κ2) is 10.0. The van der Waals surface area contributed by atoms with E-state index in [4.69, 9.17) is 9.47 Å². The van der Waals surface area contributed by atoms with Gasteiger partial charge in [-0.2, -0.15) is 8.78 Å². The van der Waals surface area contributed by atoms with Gasteiger partial charge in [-0.15, -0.1) is 13.2 Å². The summed E-state index contributed by atoms with van der Waals surface area (Å²) < 4.78 is 94.4. The van der Waals surface area contributed by atoms with E-state index in [9.17, 15) is 26.3 Å². The first-order chi connectivity index (χ1) is 15.6. The Kier molecular flexibility index (Phi) is 7.48. The fourth-order valence-electron chi connectivity index (χ4n) is 5.71. The smallest absolute Gasteiger partial charge is 0.403 e. The van der Waals surface area contributed by atoms with Gasteiger partial charge in [-0.3, -0.25) is 0 Å². The Morgan fingerprint density at radius 2 is 1.45 bits per heavy atom. The van der Waals surface area contributed by atoms with Crippen LogP contribution in [-0.4, -0.2) is 25.2 Å². The number of hydrogen-bond acceptors (Lipinski definition) is 3. The van der Waals surface area contributed by atoms with Gasteiger partial charge in [0.2, 0.25) is 0 Å². The molecule has 186 valence electrons. The highest BCUT2D eigenvalue weighted by atomic mass is 19.4. The van der Waals surface area contributed by atoms with Crippen LogP contribution in [-0.2, 0) is 15.6 Å². The number of rotatable bonds is 6. The molecule has 1 aromatic carbocycles. The average molecular weight is 480 g/mol. The Morgan fingerprint density at radius 1 is 0.788 bits per heavy atom. The molecule has 2 saturated carbocycles. The number of hydrogen-bond donors (Lipinski definition) is 0. The molecule has 3 nitrogen and oxygen atoms in total. The van der Waals surface area contributed by atoms with E-state index in [0.717, 1.165) is 18.9 Å². The van der Waals surface area contributed by atoms with Crippen LogP contribution >= 0.6 is 0 Å². The van der Waals surface area contributed by atoms with Gasteiger partial charge in [0.1, 0.15) is 0 Å². The van der Waals surface area contributed by atoms with Crippen molar-refractivity contribution >= 4 is 0 Å². The molecule has 33 heavy (non-hydrogen) atoms. The lowest BCUT2D eigenvalue weighted by atomic mass is 9.78. The number of benzene rings is 1. The number of halogens is 6. The first-order valence-corrected chi connectivity index (χ1v) is 11.8. The Bertz CT molecular complexity index is 777. The second-order valence-electron chi connectivity index (χ2n) is 9.62. The zero-order chi connectivity index (χ0) is 23.6. The Labute approximate surface area is 189 Å². The fraction of sp³-hybridized carbons (Fsp3) is 0.750. The molecule has 0 bridgehead atoms. The summed E-state index contributed by atoms with van der Waals surface area (Å²) in [6, 6.07) is 1.54. The molecule has 0 radical (unpaired) electrons. The molecule has 1 aliphatic heterocycles. The maximum atomic E-state index is 14.6. The zero-order valence-electron chi connectivity index (χ0n) is 18.4. The number of alkyl halides is 5. The monoisotopic (exact) mass is 480 g/mol. The van der Waals surface area contributed by atoms with Crippen LogP contribution in [0.2, 0.25) is 0 Å². The summed E-state index contributed by atoms with van der Waals surface area (Å²) in [6.07, 6.45) is 0.252. The van der Waals surface area contributed by atoms with Crippen molar-refractivity contribution in [1.82, 2.24) is 0 Å². The van der Waals surface area contributed by atoms with E-state index in [1.54, 1.807) is 0 Å². The minimum atomic E-state index is -5.11. The van der Waals surface area contributed by atoms with Crippen molar-refractivity contribution in [2.24, 2.45) is 17.8 Å². The first-order valence-electron chi connectivity index (χ1n) is 11.8. The molecule has 3 fully saturated rings. The summed E-state index contributed by atoms with van der Waals surface area (Å²) in [5.74, 6) is -0.932. The predicted molar refractivity (Wildman–Crippen MR) is 108 cm³/mol. The van der Waals surface area contributed by atoms with E-state index in [-0.39, 0.29) is 6.10 Å². The highest BCUT2D eigenvalue weighted by Gasteiger charge is 2.41. The lowest BCUT2D eigenvalue weighted by Crippen LogP contribution is -2.38. The molecule has 0 amide bonds. The average Bonchev–Trinajstić information content (AvgIpc) is 3.30. The van der Waals surface area contributed by atoms with E-state index in [1.807, 2.05) is 0 Å². The third-order valence-electron chi connectivity index (χ3n) is 7.47. The van der Waals surface area contributed by atoms with Crippen LogP contribution in [0.25, 0.3) is 0 Å². The molecule has 9 heteroatoms. The van der Waals surface area contributed by atoms with Gasteiger partial charge in [-0.05, 0) is 74.5 Å². The van der Waals surface area contributed by atoms with Crippen LogP contribution in [0.1, 0.15) is 69.8 Å². The van der Waals surface area contributed by atoms with Gasteiger partial charge < -0.3 is 14.2 Å². The lowest BCUT2D eigenvalue weighted by molar-refractivity contribution is -0.279.